The van der Waals surface area contributed by atoms with Crippen LogP contribution in [0.3, 0.4) is 0 Å². The summed E-state index contributed by atoms with van der Waals surface area (Å²) in [5.41, 5.74) is 2.22. The predicted octanol–water partition coefficient (Wildman–Crippen LogP) is 6.03. The molecule has 2 N–H and O–H groups in total. The van der Waals surface area contributed by atoms with Gasteiger partial charge in [0.15, 0.2) is 11.6 Å². The third-order valence-electron chi connectivity index (χ3n) is 8.52. The summed E-state index contributed by atoms with van der Waals surface area (Å²) in [7, 11) is -1.52. The van der Waals surface area contributed by atoms with Gasteiger partial charge in [-0.15, -0.1) is 0 Å². The number of hydrogen-bond acceptors (Lipinski definition) is 6. The van der Waals surface area contributed by atoms with Gasteiger partial charge in [-0.2, -0.15) is 0 Å². The maximum Gasteiger partial charge on any atom is 0.235 e. The van der Waals surface area contributed by atoms with Gasteiger partial charge < -0.3 is 19.7 Å². The normalized spacial score (nSPS) is 18.3. The Bertz CT molecular complexity index is 1650. The van der Waals surface area contributed by atoms with E-state index in [2.05, 4.69) is 22.0 Å². The second-order valence-electron chi connectivity index (χ2n) is 11.3. The van der Waals surface area contributed by atoms with Crippen LogP contribution in [0.4, 0.5) is 20.2 Å². The van der Waals surface area contributed by atoms with Crippen LogP contribution in [0, 0.1) is 11.6 Å². The Balaban J connectivity index is 1.48. The molecular weight excluding hydrogens is 564 g/mol. The Kier molecular flexibility index (Phi) is 7.34. The first-order valence-electron chi connectivity index (χ1n) is 14.2. The minimum Gasteiger partial charge on any atom is -0.488 e. The molecule has 1 saturated carbocycles. The van der Waals surface area contributed by atoms with Gasteiger partial charge in [0.2, 0.25) is 15.9 Å². The highest BCUT2D eigenvalue weighted by Crippen LogP contribution is 2.55. The molecule has 0 unspecified atom stereocenters. The number of fused-ring (bicyclic) bond motifs is 2. The lowest BCUT2D eigenvalue weighted by Gasteiger charge is -2.36. The number of benzene rings is 3. The highest BCUT2D eigenvalue weighted by Gasteiger charge is 2.52. The summed E-state index contributed by atoms with van der Waals surface area (Å²) < 4.78 is 68.1. The van der Waals surface area contributed by atoms with Gasteiger partial charge in [-0.3, -0.25) is 9.52 Å². The van der Waals surface area contributed by atoms with Crippen LogP contribution >= 0.6 is 0 Å². The van der Waals surface area contributed by atoms with E-state index < -0.39 is 27.1 Å². The van der Waals surface area contributed by atoms with Crippen molar-refractivity contribution in [1.29, 1.82) is 0 Å². The van der Waals surface area contributed by atoms with Crippen molar-refractivity contribution < 1.29 is 31.5 Å². The van der Waals surface area contributed by atoms with Gasteiger partial charge in [-0.25, -0.2) is 17.2 Å². The van der Waals surface area contributed by atoms with Gasteiger partial charge >= 0.3 is 0 Å². The topological polar surface area (TPSA) is 97.0 Å². The lowest BCUT2D eigenvalue weighted by molar-refractivity contribution is -0.123. The Morgan fingerprint density at radius 1 is 1.02 bits per heavy atom. The number of likely N-dealkylation sites (tertiary alicyclic amines) is 1. The highest BCUT2D eigenvalue weighted by atomic mass is 32.2. The summed E-state index contributed by atoms with van der Waals surface area (Å²) in [6, 6.07) is 11.4. The Labute approximate surface area is 244 Å². The molecule has 0 aromatic heterocycles. The summed E-state index contributed by atoms with van der Waals surface area (Å²) in [5, 5.41) is 3.07. The summed E-state index contributed by atoms with van der Waals surface area (Å²) in [5.74, 6) is -1.20. The third-order valence-corrected chi connectivity index (χ3v) is 9.82. The number of hydrogen-bond donors (Lipinski definition) is 2. The summed E-state index contributed by atoms with van der Waals surface area (Å²) >= 11 is 0. The maximum absolute atomic E-state index is 14.6. The monoisotopic (exact) mass is 597 g/mol. The standard InChI is InChI=1S/C31H33F2N3O5S/c1-3-42(38,39)35-21-6-8-26(41-27-7-5-20(32)17-25(27)33)23(18-21)19-15-24-29(34-30(37)31(24)11-4-12-31)28(16-19)40-22-9-13-36(2)14-10-22/h5-8,15-18,22,35H,3-4,9-14H2,1-2H3,(H,34,37). The number of ether oxygens (including phenoxy) is 2. The highest BCUT2D eigenvalue weighted by molar-refractivity contribution is 7.92. The van der Waals surface area contributed by atoms with Crippen molar-refractivity contribution in [2.24, 2.45) is 0 Å². The van der Waals surface area contributed by atoms with Crippen molar-refractivity contribution in [2.75, 3.05) is 35.9 Å². The summed E-state index contributed by atoms with van der Waals surface area (Å²) in [4.78, 5) is 15.5. The average Bonchev–Trinajstić information content (AvgIpc) is 3.24. The van der Waals surface area contributed by atoms with Crippen LogP contribution in [0.15, 0.2) is 48.5 Å². The molecule has 2 aliphatic heterocycles. The van der Waals surface area contributed by atoms with Crippen LogP contribution in [0.5, 0.6) is 17.2 Å². The third kappa shape index (κ3) is 5.31. The van der Waals surface area contributed by atoms with Crippen molar-refractivity contribution in [3.8, 4) is 28.4 Å². The van der Waals surface area contributed by atoms with E-state index in [1.165, 1.54) is 19.1 Å². The van der Waals surface area contributed by atoms with E-state index in [0.717, 1.165) is 50.0 Å². The molecule has 6 rings (SSSR count). The van der Waals surface area contributed by atoms with Gasteiger partial charge in [-0.05, 0) is 93.2 Å². The minimum atomic E-state index is -3.59. The number of nitrogens with one attached hydrogen (secondary N) is 2. The first-order chi connectivity index (χ1) is 20.1. The summed E-state index contributed by atoms with van der Waals surface area (Å²) in [6.07, 6.45) is 3.98. The molecule has 0 radical (unpaired) electrons. The number of carbonyl (C=O) groups excluding carboxylic acids is 1. The van der Waals surface area contributed by atoms with Gasteiger partial charge in [-0.1, -0.05) is 6.42 Å². The quantitative estimate of drug-likeness (QED) is 0.329. The lowest BCUT2D eigenvalue weighted by Crippen LogP contribution is -2.40. The molecule has 1 saturated heterocycles. The molecule has 8 nitrogen and oxygen atoms in total. The Hall–Kier alpha value is -3.70. The first-order valence-corrected chi connectivity index (χ1v) is 15.8. The Morgan fingerprint density at radius 3 is 2.43 bits per heavy atom. The SMILES string of the molecule is CCS(=O)(=O)Nc1ccc(Oc2ccc(F)cc2F)c(-c2cc(OC3CCN(C)CC3)c3c(c2)C2(CCC2)C(=O)N3)c1. The van der Waals surface area contributed by atoms with E-state index in [1.54, 1.807) is 12.1 Å². The minimum absolute atomic E-state index is 0.0397. The molecule has 2 fully saturated rings. The molecule has 1 amide bonds. The number of carbonyl (C=O) groups is 1. The molecule has 222 valence electrons. The van der Waals surface area contributed by atoms with Crippen molar-refractivity contribution in [3.63, 3.8) is 0 Å². The molecule has 11 heteroatoms. The molecule has 0 bridgehead atoms. The van der Waals surface area contributed by atoms with E-state index in [0.29, 0.717) is 41.1 Å². The van der Waals surface area contributed by atoms with Crippen LogP contribution in [0.25, 0.3) is 11.1 Å². The number of anilines is 2. The van der Waals surface area contributed by atoms with Gasteiger partial charge in [0, 0.05) is 30.4 Å². The van der Waals surface area contributed by atoms with Crippen molar-refractivity contribution >= 4 is 27.3 Å². The zero-order valence-corrected chi connectivity index (χ0v) is 24.3. The number of rotatable bonds is 8. The zero-order valence-electron chi connectivity index (χ0n) is 23.5. The van der Waals surface area contributed by atoms with Gasteiger partial charge in [0.05, 0.1) is 16.9 Å². The molecule has 1 spiro atoms. The van der Waals surface area contributed by atoms with E-state index in [-0.39, 0.29) is 29.3 Å². The fraction of sp³-hybridized carbons (Fsp3) is 0.387. The fourth-order valence-corrected chi connectivity index (χ4v) is 6.50. The van der Waals surface area contributed by atoms with Gasteiger partial charge in [0.1, 0.15) is 23.4 Å². The number of nitrogens with zero attached hydrogens (tertiary/aromatic N) is 1. The van der Waals surface area contributed by atoms with Crippen molar-refractivity contribution in [2.45, 2.75) is 50.5 Å². The van der Waals surface area contributed by atoms with Crippen LogP contribution in [-0.4, -0.2) is 51.2 Å². The second kappa shape index (κ2) is 10.9. The molecule has 3 aliphatic rings. The van der Waals surface area contributed by atoms with Crippen LogP contribution in [-0.2, 0) is 20.2 Å². The molecule has 2 heterocycles. The van der Waals surface area contributed by atoms with E-state index in [9.17, 15) is 22.0 Å². The molecule has 0 atom stereocenters. The largest absolute Gasteiger partial charge is 0.488 e. The number of piperidine rings is 1. The molecule has 42 heavy (non-hydrogen) atoms. The van der Waals surface area contributed by atoms with Crippen LogP contribution in [0.1, 0.15) is 44.6 Å². The number of sulfonamides is 1. The second-order valence-corrected chi connectivity index (χ2v) is 13.3. The number of halogens is 2. The fourth-order valence-electron chi connectivity index (χ4n) is 5.87. The van der Waals surface area contributed by atoms with Crippen molar-refractivity contribution in [1.82, 2.24) is 4.90 Å². The molecule has 1 aliphatic carbocycles. The number of amides is 1. The predicted molar refractivity (Wildman–Crippen MR) is 157 cm³/mol. The van der Waals surface area contributed by atoms with Crippen molar-refractivity contribution in [3.05, 3.63) is 65.7 Å². The molecular formula is C31H33F2N3O5S. The van der Waals surface area contributed by atoms with E-state index in [1.807, 2.05) is 12.1 Å². The van der Waals surface area contributed by atoms with Crippen LogP contribution < -0.4 is 19.5 Å². The lowest BCUT2D eigenvalue weighted by atomic mass is 9.65. The smallest absolute Gasteiger partial charge is 0.235 e. The Morgan fingerprint density at radius 2 is 1.76 bits per heavy atom. The first kappa shape index (κ1) is 28.4. The molecule has 3 aromatic carbocycles. The van der Waals surface area contributed by atoms with E-state index in [4.69, 9.17) is 9.47 Å². The molecule has 3 aromatic rings. The summed E-state index contributed by atoms with van der Waals surface area (Å²) in [6.45, 7) is 3.32. The van der Waals surface area contributed by atoms with Gasteiger partial charge in [0.25, 0.3) is 0 Å². The van der Waals surface area contributed by atoms with E-state index >= 15 is 0 Å². The average molecular weight is 598 g/mol. The zero-order chi connectivity index (χ0) is 29.6. The van der Waals surface area contributed by atoms with Crippen LogP contribution in [0.2, 0.25) is 0 Å². The maximum atomic E-state index is 14.6.